The smallest absolute Gasteiger partial charge is 0.224 e. The van der Waals surface area contributed by atoms with E-state index in [1.807, 2.05) is 36.6 Å². The number of Topliss-reactive ketones (excluding diaryl/α,β-unsaturated/α-hetero) is 1. The monoisotopic (exact) mass is 410 g/mol. The Morgan fingerprint density at radius 3 is 2.52 bits per heavy atom. The van der Waals surface area contributed by atoms with Crippen LogP contribution in [0, 0.1) is 6.92 Å². The molecule has 0 saturated heterocycles. The van der Waals surface area contributed by atoms with Crippen LogP contribution in [0.15, 0.2) is 47.8 Å². The minimum Gasteiger partial charge on any atom is -0.493 e. The molecular weight excluding hydrogens is 388 g/mol. The first-order valence-corrected chi connectivity index (χ1v) is 9.95. The van der Waals surface area contributed by atoms with Crippen molar-refractivity contribution in [2.75, 3.05) is 19.5 Å². The number of aryl methyl sites for hydroxylation is 1. The second kappa shape index (κ2) is 9.34. The number of carbonyl (C=O) groups excluding carboxylic acids is 2. The van der Waals surface area contributed by atoms with E-state index in [0.29, 0.717) is 22.7 Å². The number of hydrogen-bond donors (Lipinski definition) is 1. The third-order valence-electron chi connectivity index (χ3n) is 4.35. The van der Waals surface area contributed by atoms with Gasteiger partial charge in [0.1, 0.15) is 0 Å². The molecule has 1 aromatic heterocycles. The fourth-order valence-corrected chi connectivity index (χ4v) is 3.48. The molecule has 0 fully saturated rings. The number of benzene rings is 2. The topological polar surface area (TPSA) is 77.5 Å². The van der Waals surface area contributed by atoms with Crippen LogP contribution in [0.2, 0.25) is 0 Å². The van der Waals surface area contributed by atoms with Crippen molar-refractivity contribution in [2.45, 2.75) is 19.8 Å². The van der Waals surface area contributed by atoms with Gasteiger partial charge in [0.25, 0.3) is 0 Å². The van der Waals surface area contributed by atoms with Crippen LogP contribution in [0.25, 0.3) is 11.3 Å². The molecule has 0 saturated carbocycles. The van der Waals surface area contributed by atoms with E-state index in [-0.39, 0.29) is 24.5 Å². The number of hydrogen-bond acceptors (Lipinski definition) is 6. The minimum absolute atomic E-state index is 0.0905. The molecule has 0 aliphatic heterocycles. The van der Waals surface area contributed by atoms with Crippen LogP contribution in [0.1, 0.15) is 28.2 Å². The van der Waals surface area contributed by atoms with Gasteiger partial charge in [0, 0.05) is 35.0 Å². The Labute approximate surface area is 173 Å². The summed E-state index contributed by atoms with van der Waals surface area (Å²) < 4.78 is 10.4. The van der Waals surface area contributed by atoms with Crippen molar-refractivity contribution in [3.63, 3.8) is 0 Å². The van der Waals surface area contributed by atoms with E-state index in [0.717, 1.165) is 16.3 Å². The summed E-state index contributed by atoms with van der Waals surface area (Å²) in [7, 11) is 3.05. The molecule has 1 N–H and O–H groups in total. The van der Waals surface area contributed by atoms with Gasteiger partial charge in [-0.2, -0.15) is 0 Å². The predicted molar refractivity (Wildman–Crippen MR) is 114 cm³/mol. The number of thiazole rings is 1. The quantitative estimate of drug-likeness (QED) is 0.543. The lowest BCUT2D eigenvalue weighted by molar-refractivity contribution is -0.116. The number of rotatable bonds is 8. The first-order chi connectivity index (χ1) is 14.0. The largest absolute Gasteiger partial charge is 0.493 e. The van der Waals surface area contributed by atoms with Gasteiger partial charge in [-0.05, 0) is 37.3 Å². The normalized spacial score (nSPS) is 10.4. The Hall–Kier alpha value is -3.19. The van der Waals surface area contributed by atoms with Crippen molar-refractivity contribution in [2.24, 2.45) is 0 Å². The second-order valence-electron chi connectivity index (χ2n) is 6.37. The molecule has 3 rings (SSSR count). The van der Waals surface area contributed by atoms with Crippen LogP contribution in [0.5, 0.6) is 11.5 Å². The number of amides is 1. The lowest BCUT2D eigenvalue weighted by Gasteiger charge is -2.09. The van der Waals surface area contributed by atoms with Gasteiger partial charge in [0.2, 0.25) is 5.91 Å². The van der Waals surface area contributed by atoms with Gasteiger partial charge in [0.15, 0.2) is 17.3 Å². The van der Waals surface area contributed by atoms with Gasteiger partial charge in [0.05, 0.1) is 24.9 Å². The van der Waals surface area contributed by atoms with Crippen LogP contribution in [0.4, 0.5) is 5.69 Å². The standard InChI is InChI=1S/C22H22N2O4S/c1-14-23-18(13-29-14)15-5-4-6-17(11-15)24-22(26)10-8-19(25)16-7-9-20(27-2)21(12-16)28-3/h4-7,9,11-13H,8,10H2,1-3H3,(H,24,26). The van der Waals surface area contributed by atoms with Crippen molar-refractivity contribution in [3.05, 3.63) is 58.4 Å². The lowest BCUT2D eigenvalue weighted by atomic mass is 10.1. The first-order valence-electron chi connectivity index (χ1n) is 9.08. The van der Waals surface area contributed by atoms with E-state index in [2.05, 4.69) is 10.3 Å². The highest BCUT2D eigenvalue weighted by Gasteiger charge is 2.13. The molecule has 1 heterocycles. The fourth-order valence-electron chi connectivity index (χ4n) is 2.86. The maximum atomic E-state index is 12.4. The third-order valence-corrected chi connectivity index (χ3v) is 5.12. The van der Waals surface area contributed by atoms with Gasteiger partial charge in [-0.1, -0.05) is 12.1 Å². The van der Waals surface area contributed by atoms with Gasteiger partial charge >= 0.3 is 0 Å². The number of methoxy groups -OCH3 is 2. The number of carbonyl (C=O) groups is 2. The summed E-state index contributed by atoms with van der Waals surface area (Å²) >= 11 is 1.58. The Balaban J connectivity index is 1.59. The number of ether oxygens (including phenoxy) is 2. The van der Waals surface area contributed by atoms with Crippen LogP contribution < -0.4 is 14.8 Å². The van der Waals surface area contributed by atoms with Crippen LogP contribution in [-0.2, 0) is 4.79 Å². The maximum Gasteiger partial charge on any atom is 0.224 e. The summed E-state index contributed by atoms with van der Waals surface area (Å²) in [5.41, 5.74) is 2.98. The molecule has 150 valence electrons. The first kappa shape index (κ1) is 20.5. The number of nitrogens with zero attached hydrogens (tertiary/aromatic N) is 1. The molecule has 0 bridgehead atoms. The highest BCUT2D eigenvalue weighted by Crippen LogP contribution is 2.28. The zero-order valence-corrected chi connectivity index (χ0v) is 17.3. The molecule has 29 heavy (non-hydrogen) atoms. The molecule has 1 amide bonds. The highest BCUT2D eigenvalue weighted by atomic mass is 32.1. The Morgan fingerprint density at radius 2 is 1.83 bits per heavy atom. The van der Waals surface area contributed by atoms with Gasteiger partial charge < -0.3 is 14.8 Å². The number of aromatic nitrogens is 1. The molecule has 3 aromatic rings. The zero-order chi connectivity index (χ0) is 20.8. The van der Waals surface area contributed by atoms with E-state index >= 15 is 0 Å². The molecule has 0 unspecified atom stereocenters. The second-order valence-corrected chi connectivity index (χ2v) is 7.44. The van der Waals surface area contributed by atoms with Gasteiger partial charge in [-0.25, -0.2) is 4.98 Å². The number of ketones is 1. The van der Waals surface area contributed by atoms with Crippen LogP contribution in [-0.4, -0.2) is 30.9 Å². The van der Waals surface area contributed by atoms with E-state index in [1.165, 1.54) is 14.2 Å². The molecule has 0 aliphatic carbocycles. The molecule has 6 nitrogen and oxygen atoms in total. The summed E-state index contributed by atoms with van der Waals surface area (Å²) in [6.45, 7) is 1.95. The van der Waals surface area contributed by atoms with Crippen molar-refractivity contribution in [1.82, 2.24) is 4.98 Å². The van der Waals surface area contributed by atoms with Crippen molar-refractivity contribution >= 4 is 28.7 Å². The Kier molecular flexibility index (Phi) is 6.61. The molecule has 7 heteroatoms. The van der Waals surface area contributed by atoms with Crippen molar-refractivity contribution in [3.8, 4) is 22.8 Å². The predicted octanol–water partition coefficient (Wildman–Crippen LogP) is 4.74. The highest BCUT2D eigenvalue weighted by molar-refractivity contribution is 7.09. The lowest BCUT2D eigenvalue weighted by Crippen LogP contribution is -2.13. The molecule has 0 atom stereocenters. The van der Waals surface area contributed by atoms with E-state index < -0.39 is 0 Å². The van der Waals surface area contributed by atoms with E-state index in [9.17, 15) is 9.59 Å². The summed E-state index contributed by atoms with van der Waals surface area (Å²) in [5, 5.41) is 5.82. The fraction of sp³-hybridized carbons (Fsp3) is 0.227. The average molecular weight is 410 g/mol. The average Bonchev–Trinajstić information content (AvgIpc) is 3.18. The summed E-state index contributed by atoms with van der Waals surface area (Å²) in [5.74, 6) is 0.687. The van der Waals surface area contributed by atoms with Gasteiger partial charge in [-0.3, -0.25) is 9.59 Å². The van der Waals surface area contributed by atoms with E-state index in [1.54, 1.807) is 29.5 Å². The van der Waals surface area contributed by atoms with Crippen molar-refractivity contribution < 1.29 is 19.1 Å². The molecule has 2 aromatic carbocycles. The number of anilines is 1. The molecule has 0 radical (unpaired) electrons. The molecule has 0 spiro atoms. The number of nitrogens with one attached hydrogen (secondary N) is 1. The maximum absolute atomic E-state index is 12.4. The Bertz CT molecular complexity index is 1030. The van der Waals surface area contributed by atoms with Crippen LogP contribution in [0.3, 0.4) is 0 Å². The summed E-state index contributed by atoms with van der Waals surface area (Å²) in [6, 6.07) is 12.5. The van der Waals surface area contributed by atoms with Crippen LogP contribution >= 0.6 is 11.3 Å². The Morgan fingerprint density at radius 1 is 1.03 bits per heavy atom. The zero-order valence-electron chi connectivity index (χ0n) is 16.5. The minimum atomic E-state index is -0.217. The SMILES string of the molecule is COc1ccc(C(=O)CCC(=O)Nc2cccc(-c3csc(C)n3)c2)cc1OC. The molecule has 0 aliphatic rings. The summed E-state index contributed by atoms with van der Waals surface area (Å²) in [4.78, 5) is 29.2. The van der Waals surface area contributed by atoms with E-state index in [4.69, 9.17) is 9.47 Å². The van der Waals surface area contributed by atoms with Crippen molar-refractivity contribution in [1.29, 1.82) is 0 Å². The van der Waals surface area contributed by atoms with Gasteiger partial charge in [-0.15, -0.1) is 11.3 Å². The summed E-state index contributed by atoms with van der Waals surface area (Å²) in [6.07, 6.45) is 0.194. The third kappa shape index (κ3) is 5.20. The molecular formula is C22H22N2O4S.